The van der Waals surface area contributed by atoms with Crippen molar-refractivity contribution in [1.82, 2.24) is 19.4 Å². The summed E-state index contributed by atoms with van der Waals surface area (Å²) >= 11 is 0. The molecule has 0 spiro atoms. The average Bonchev–Trinajstić information content (AvgIpc) is 3.08. The molecule has 4 rings (SSSR count). The van der Waals surface area contributed by atoms with Crippen LogP contribution < -0.4 is 5.32 Å². The topological polar surface area (TPSA) is 63.1 Å². The molecule has 6 heteroatoms. The zero-order chi connectivity index (χ0) is 18.6. The minimum atomic E-state index is -0.0610. The maximum absolute atomic E-state index is 13.1. The van der Waals surface area contributed by atoms with Crippen LogP contribution in [-0.4, -0.2) is 31.5 Å². The molecule has 0 atom stereocenters. The van der Waals surface area contributed by atoms with Crippen LogP contribution in [0.25, 0.3) is 11.0 Å². The molecule has 6 nitrogen and oxygen atoms in total. The van der Waals surface area contributed by atoms with Crippen LogP contribution in [0.15, 0.2) is 48.9 Å². The molecule has 1 saturated carbocycles. The van der Waals surface area contributed by atoms with E-state index in [0.29, 0.717) is 6.54 Å². The molecular weight excluding hydrogens is 338 g/mol. The zero-order valence-electron chi connectivity index (χ0n) is 15.6. The van der Waals surface area contributed by atoms with Crippen molar-refractivity contribution in [3.05, 3.63) is 54.6 Å². The number of aromatic nitrogens is 3. The first-order valence-electron chi connectivity index (χ1n) is 9.59. The molecule has 0 saturated heterocycles. The molecule has 27 heavy (non-hydrogen) atoms. The average molecular weight is 363 g/mol. The molecule has 0 unspecified atom stereocenters. The van der Waals surface area contributed by atoms with Crippen molar-refractivity contribution in [3.8, 4) is 0 Å². The number of fused-ring (bicyclic) bond motifs is 1. The van der Waals surface area contributed by atoms with E-state index in [1.807, 2.05) is 52.9 Å². The summed E-state index contributed by atoms with van der Waals surface area (Å²) in [6.07, 6.45) is 9.29. The number of anilines is 1. The van der Waals surface area contributed by atoms with Crippen LogP contribution in [0.4, 0.5) is 10.5 Å². The van der Waals surface area contributed by atoms with Gasteiger partial charge in [0.05, 0.1) is 29.6 Å². The van der Waals surface area contributed by atoms with Crippen LogP contribution >= 0.6 is 0 Å². The summed E-state index contributed by atoms with van der Waals surface area (Å²) in [5.41, 5.74) is 3.63. The van der Waals surface area contributed by atoms with Gasteiger partial charge in [-0.15, -0.1) is 0 Å². The van der Waals surface area contributed by atoms with Gasteiger partial charge in [-0.25, -0.2) is 9.78 Å². The highest BCUT2D eigenvalue weighted by Crippen LogP contribution is 2.25. The van der Waals surface area contributed by atoms with E-state index in [2.05, 4.69) is 15.3 Å². The van der Waals surface area contributed by atoms with E-state index < -0.39 is 0 Å². The molecule has 2 heterocycles. The molecule has 1 fully saturated rings. The molecular formula is C21H25N5O. The molecule has 0 aliphatic heterocycles. The third-order valence-corrected chi connectivity index (χ3v) is 5.31. The molecule has 140 valence electrons. The van der Waals surface area contributed by atoms with Crippen LogP contribution in [0.1, 0.15) is 37.8 Å². The highest BCUT2D eigenvalue weighted by atomic mass is 16.2. The zero-order valence-corrected chi connectivity index (χ0v) is 15.6. The van der Waals surface area contributed by atoms with Crippen molar-refractivity contribution in [3.63, 3.8) is 0 Å². The Balaban J connectivity index is 1.55. The Morgan fingerprint density at radius 2 is 2.04 bits per heavy atom. The van der Waals surface area contributed by atoms with E-state index in [-0.39, 0.29) is 12.1 Å². The number of rotatable bonds is 4. The van der Waals surface area contributed by atoms with Gasteiger partial charge in [0.1, 0.15) is 0 Å². The van der Waals surface area contributed by atoms with Gasteiger partial charge >= 0.3 is 6.03 Å². The standard InChI is InChI=1S/C21H25N5O/c1-25-15-23-19-11-10-16(13-20(19)25)24-21(27)26(18-8-3-2-4-9-18)14-17-7-5-6-12-22-17/h5-7,10-13,15,18H,2-4,8-9,14H2,1H3,(H,24,27). The third kappa shape index (κ3) is 3.94. The normalized spacial score (nSPS) is 15.0. The summed E-state index contributed by atoms with van der Waals surface area (Å²) in [5.74, 6) is 0. The number of nitrogens with one attached hydrogen (secondary N) is 1. The van der Waals surface area contributed by atoms with Gasteiger partial charge in [0.2, 0.25) is 0 Å². The van der Waals surface area contributed by atoms with Gasteiger partial charge in [0.15, 0.2) is 0 Å². The SMILES string of the molecule is Cn1cnc2ccc(NC(=O)N(Cc3ccccn3)C3CCCCC3)cc21. The Morgan fingerprint density at radius 3 is 2.81 bits per heavy atom. The van der Waals surface area contributed by atoms with Gasteiger partial charge in [-0.1, -0.05) is 25.3 Å². The highest BCUT2D eigenvalue weighted by Gasteiger charge is 2.26. The van der Waals surface area contributed by atoms with E-state index in [9.17, 15) is 4.79 Å². The molecule has 1 N–H and O–H groups in total. The summed E-state index contributed by atoms with van der Waals surface area (Å²) in [5, 5.41) is 3.09. The van der Waals surface area contributed by atoms with Crippen molar-refractivity contribution in [2.75, 3.05) is 5.32 Å². The lowest BCUT2D eigenvalue weighted by molar-refractivity contribution is 0.162. The van der Waals surface area contributed by atoms with Crippen molar-refractivity contribution in [2.45, 2.75) is 44.7 Å². The quantitative estimate of drug-likeness (QED) is 0.750. The maximum atomic E-state index is 13.1. The number of amides is 2. The second kappa shape index (κ2) is 7.78. The van der Waals surface area contributed by atoms with Crippen molar-refractivity contribution in [2.24, 2.45) is 7.05 Å². The molecule has 0 radical (unpaired) electrons. The van der Waals surface area contributed by atoms with Gasteiger partial charge in [0, 0.05) is 25.0 Å². The highest BCUT2D eigenvalue weighted by molar-refractivity contribution is 5.92. The largest absolute Gasteiger partial charge is 0.334 e. The molecule has 1 aliphatic carbocycles. The molecule has 3 aromatic rings. The molecule has 2 aromatic heterocycles. The third-order valence-electron chi connectivity index (χ3n) is 5.31. The number of hydrogen-bond donors (Lipinski definition) is 1. The summed E-state index contributed by atoms with van der Waals surface area (Å²) in [7, 11) is 1.95. The minimum Gasteiger partial charge on any atom is -0.334 e. The Hall–Kier alpha value is -2.89. The lowest BCUT2D eigenvalue weighted by Crippen LogP contribution is -2.43. The minimum absolute atomic E-state index is 0.0610. The number of pyridine rings is 1. The summed E-state index contributed by atoms with van der Waals surface area (Å²) in [6.45, 7) is 0.533. The van der Waals surface area contributed by atoms with Crippen LogP contribution in [-0.2, 0) is 13.6 Å². The van der Waals surface area contributed by atoms with Crippen molar-refractivity contribution < 1.29 is 4.79 Å². The van der Waals surface area contributed by atoms with E-state index in [4.69, 9.17) is 0 Å². The van der Waals surface area contributed by atoms with E-state index in [1.165, 1.54) is 19.3 Å². The lowest BCUT2D eigenvalue weighted by atomic mass is 9.94. The molecule has 2 amide bonds. The lowest BCUT2D eigenvalue weighted by Gasteiger charge is -2.34. The number of hydrogen-bond acceptors (Lipinski definition) is 3. The number of nitrogens with zero attached hydrogens (tertiary/aromatic N) is 4. The number of aryl methyl sites for hydroxylation is 1. The van der Waals surface area contributed by atoms with Crippen LogP contribution in [0.3, 0.4) is 0 Å². The Kier molecular flexibility index (Phi) is 5.05. The van der Waals surface area contributed by atoms with Crippen LogP contribution in [0, 0.1) is 0 Å². The fourth-order valence-electron chi connectivity index (χ4n) is 3.82. The Labute approximate surface area is 159 Å². The van der Waals surface area contributed by atoms with Crippen LogP contribution in [0.2, 0.25) is 0 Å². The smallest absolute Gasteiger partial charge is 0.322 e. The van der Waals surface area contributed by atoms with Crippen molar-refractivity contribution >= 4 is 22.8 Å². The number of imidazole rings is 1. The van der Waals surface area contributed by atoms with Gasteiger partial charge in [0.25, 0.3) is 0 Å². The van der Waals surface area contributed by atoms with E-state index in [1.54, 1.807) is 12.5 Å². The van der Waals surface area contributed by atoms with E-state index >= 15 is 0 Å². The second-order valence-electron chi connectivity index (χ2n) is 7.23. The Bertz CT molecular complexity index is 915. The van der Waals surface area contributed by atoms with Crippen molar-refractivity contribution in [1.29, 1.82) is 0 Å². The second-order valence-corrected chi connectivity index (χ2v) is 7.23. The predicted octanol–water partition coefficient (Wildman–Crippen LogP) is 4.34. The van der Waals surface area contributed by atoms with Crippen LogP contribution in [0.5, 0.6) is 0 Å². The number of carbonyl (C=O) groups is 1. The van der Waals surface area contributed by atoms with Gasteiger partial charge in [-0.05, 0) is 43.2 Å². The number of carbonyl (C=O) groups excluding carboxylic acids is 1. The van der Waals surface area contributed by atoms with Gasteiger partial charge < -0.3 is 14.8 Å². The maximum Gasteiger partial charge on any atom is 0.322 e. The first-order chi connectivity index (χ1) is 13.2. The number of benzene rings is 1. The fourth-order valence-corrected chi connectivity index (χ4v) is 3.82. The van der Waals surface area contributed by atoms with E-state index in [0.717, 1.165) is 35.3 Å². The number of urea groups is 1. The molecule has 1 aromatic carbocycles. The van der Waals surface area contributed by atoms with Gasteiger partial charge in [-0.2, -0.15) is 0 Å². The summed E-state index contributed by atoms with van der Waals surface area (Å²) in [4.78, 5) is 23.8. The first kappa shape index (κ1) is 17.5. The predicted molar refractivity (Wildman–Crippen MR) is 106 cm³/mol. The summed E-state index contributed by atoms with van der Waals surface area (Å²) < 4.78 is 1.96. The fraction of sp³-hybridized carbons (Fsp3) is 0.381. The first-order valence-corrected chi connectivity index (χ1v) is 9.59. The molecule has 0 bridgehead atoms. The van der Waals surface area contributed by atoms with Gasteiger partial charge in [-0.3, -0.25) is 4.98 Å². The molecule has 1 aliphatic rings. The Morgan fingerprint density at radius 1 is 1.19 bits per heavy atom. The monoisotopic (exact) mass is 363 g/mol. The summed E-state index contributed by atoms with van der Waals surface area (Å²) in [6, 6.07) is 11.9.